The van der Waals surface area contributed by atoms with E-state index in [9.17, 15) is 8.42 Å². The summed E-state index contributed by atoms with van der Waals surface area (Å²) in [6.07, 6.45) is 4.32. The molecule has 0 saturated carbocycles. The molecule has 0 atom stereocenters. The van der Waals surface area contributed by atoms with E-state index in [-0.39, 0.29) is 10.6 Å². The van der Waals surface area contributed by atoms with Gasteiger partial charge in [-0.3, -0.25) is 9.58 Å². The first-order valence-corrected chi connectivity index (χ1v) is 12.3. The molecule has 0 aliphatic heterocycles. The molecular formula is C24H27FN6O2S. The molecule has 178 valence electrons. The molecule has 0 saturated heterocycles. The number of nitrogens with two attached hydrogens (primary N) is 1. The number of benzene rings is 2. The van der Waals surface area contributed by atoms with Crippen molar-refractivity contribution in [2.24, 2.45) is 12.2 Å². The van der Waals surface area contributed by atoms with Crippen LogP contribution in [0, 0.1) is 12.7 Å². The van der Waals surface area contributed by atoms with Crippen LogP contribution in [0.1, 0.15) is 28.1 Å². The Morgan fingerprint density at radius 1 is 1.09 bits per heavy atom. The summed E-state index contributed by atoms with van der Waals surface area (Å²) in [4.78, 5) is 1.82. The summed E-state index contributed by atoms with van der Waals surface area (Å²) < 4.78 is 41.6. The van der Waals surface area contributed by atoms with Crippen molar-refractivity contribution in [3.05, 3.63) is 94.8 Å². The van der Waals surface area contributed by atoms with Crippen LogP contribution in [0.2, 0.25) is 0 Å². The molecule has 0 aliphatic carbocycles. The minimum atomic E-state index is -4.01. The van der Waals surface area contributed by atoms with Gasteiger partial charge in [0, 0.05) is 44.0 Å². The Balaban J connectivity index is 1.68. The monoisotopic (exact) mass is 482 g/mol. The summed E-state index contributed by atoms with van der Waals surface area (Å²) >= 11 is 0. The first-order chi connectivity index (χ1) is 16.1. The zero-order valence-electron chi connectivity index (χ0n) is 19.3. The third kappa shape index (κ3) is 5.58. The predicted octanol–water partition coefficient (Wildman–Crippen LogP) is 2.92. The first kappa shape index (κ1) is 23.8. The van der Waals surface area contributed by atoms with Crippen LogP contribution in [0.3, 0.4) is 0 Å². The van der Waals surface area contributed by atoms with Gasteiger partial charge in [0.15, 0.2) is 0 Å². The second kappa shape index (κ2) is 9.49. The number of primary sulfonamides is 1. The second-order valence-electron chi connectivity index (χ2n) is 8.56. The number of halogens is 1. The molecule has 0 spiro atoms. The van der Waals surface area contributed by atoms with Crippen molar-refractivity contribution in [3.63, 3.8) is 0 Å². The molecule has 4 aromatic rings. The van der Waals surface area contributed by atoms with Crippen molar-refractivity contribution in [1.29, 1.82) is 0 Å². The average Bonchev–Trinajstić information content (AvgIpc) is 3.32. The Hall–Kier alpha value is -3.34. The lowest BCUT2D eigenvalue weighted by Crippen LogP contribution is -2.17. The van der Waals surface area contributed by atoms with E-state index in [0.29, 0.717) is 19.5 Å². The minimum absolute atomic E-state index is 0.163. The van der Waals surface area contributed by atoms with Gasteiger partial charge in [-0.25, -0.2) is 22.6 Å². The highest BCUT2D eigenvalue weighted by atomic mass is 32.2. The maximum Gasteiger partial charge on any atom is 0.238 e. The molecule has 8 nitrogen and oxygen atoms in total. The number of nitrogens with zero attached hydrogens (tertiary/aromatic N) is 5. The Kier molecular flexibility index (Phi) is 6.65. The molecule has 4 rings (SSSR count). The molecule has 0 fully saturated rings. The van der Waals surface area contributed by atoms with Gasteiger partial charge in [0.2, 0.25) is 10.0 Å². The predicted molar refractivity (Wildman–Crippen MR) is 127 cm³/mol. The van der Waals surface area contributed by atoms with Crippen LogP contribution >= 0.6 is 0 Å². The summed E-state index contributed by atoms with van der Waals surface area (Å²) in [6.45, 7) is 3.25. The van der Waals surface area contributed by atoms with Crippen LogP contribution < -0.4 is 5.14 Å². The van der Waals surface area contributed by atoms with Crippen molar-refractivity contribution in [1.82, 2.24) is 24.5 Å². The van der Waals surface area contributed by atoms with Gasteiger partial charge in [-0.05, 0) is 43.8 Å². The van der Waals surface area contributed by atoms with Gasteiger partial charge in [0.1, 0.15) is 11.5 Å². The Morgan fingerprint density at radius 3 is 2.53 bits per heavy atom. The molecule has 2 aromatic carbocycles. The van der Waals surface area contributed by atoms with E-state index in [1.54, 1.807) is 4.68 Å². The van der Waals surface area contributed by atoms with Gasteiger partial charge < -0.3 is 0 Å². The quantitative estimate of drug-likeness (QED) is 0.416. The fraction of sp³-hybridized carbons (Fsp3) is 0.250. The van der Waals surface area contributed by atoms with Gasteiger partial charge in [-0.2, -0.15) is 10.2 Å². The normalized spacial score (nSPS) is 11.9. The van der Waals surface area contributed by atoms with Gasteiger partial charge in [0.05, 0.1) is 16.8 Å². The Bertz CT molecular complexity index is 1430. The molecule has 2 heterocycles. The average molecular weight is 483 g/mol. The van der Waals surface area contributed by atoms with Gasteiger partial charge in [0.25, 0.3) is 0 Å². The SMILES string of the molecule is Cc1cccc(Cc2cc(CN(C)Cc3cnn(C)c3)nn2-c2ccc(S(N)(=O)=O)cc2F)c1. The smallest absolute Gasteiger partial charge is 0.238 e. The molecule has 2 N–H and O–H groups in total. The van der Waals surface area contributed by atoms with E-state index in [4.69, 9.17) is 5.14 Å². The zero-order chi connectivity index (χ0) is 24.5. The number of hydrogen-bond donors (Lipinski definition) is 1. The summed E-state index contributed by atoms with van der Waals surface area (Å²) in [5, 5.41) is 14.0. The highest BCUT2D eigenvalue weighted by Crippen LogP contribution is 2.22. The summed E-state index contributed by atoms with van der Waals surface area (Å²) in [6, 6.07) is 13.7. The summed E-state index contributed by atoms with van der Waals surface area (Å²) in [7, 11) is -0.156. The number of hydrogen-bond acceptors (Lipinski definition) is 5. The molecular weight excluding hydrogens is 455 g/mol. The minimum Gasteiger partial charge on any atom is -0.296 e. The van der Waals surface area contributed by atoms with Gasteiger partial charge in [-0.1, -0.05) is 29.8 Å². The maximum absolute atomic E-state index is 15.0. The third-order valence-electron chi connectivity index (χ3n) is 5.42. The van der Waals surface area contributed by atoms with E-state index in [1.165, 1.54) is 16.8 Å². The molecule has 10 heteroatoms. The lowest BCUT2D eigenvalue weighted by atomic mass is 10.1. The fourth-order valence-electron chi connectivity index (χ4n) is 3.95. The van der Waals surface area contributed by atoms with Crippen molar-refractivity contribution < 1.29 is 12.8 Å². The largest absolute Gasteiger partial charge is 0.296 e. The number of aryl methyl sites for hydroxylation is 2. The summed E-state index contributed by atoms with van der Waals surface area (Å²) in [5.41, 5.74) is 4.99. The lowest BCUT2D eigenvalue weighted by molar-refractivity contribution is 0.314. The highest BCUT2D eigenvalue weighted by Gasteiger charge is 2.18. The Labute approximate surface area is 198 Å². The van der Waals surface area contributed by atoms with Crippen LogP contribution in [0.15, 0.2) is 65.8 Å². The maximum atomic E-state index is 15.0. The van der Waals surface area contributed by atoms with Crippen molar-refractivity contribution >= 4 is 10.0 Å². The van der Waals surface area contributed by atoms with Gasteiger partial charge in [-0.15, -0.1) is 0 Å². The fourth-order valence-corrected chi connectivity index (χ4v) is 4.48. The molecule has 2 aromatic heterocycles. The zero-order valence-corrected chi connectivity index (χ0v) is 20.1. The van der Waals surface area contributed by atoms with E-state index >= 15 is 4.39 Å². The van der Waals surface area contributed by atoms with Crippen LogP contribution in [0.25, 0.3) is 5.69 Å². The molecule has 0 bridgehead atoms. The molecule has 0 aliphatic rings. The van der Waals surface area contributed by atoms with Crippen LogP contribution in [-0.4, -0.2) is 39.9 Å². The number of sulfonamides is 1. The van der Waals surface area contributed by atoms with Crippen LogP contribution in [0.4, 0.5) is 4.39 Å². The topological polar surface area (TPSA) is 99.0 Å². The highest BCUT2D eigenvalue weighted by molar-refractivity contribution is 7.89. The van der Waals surface area contributed by atoms with E-state index in [2.05, 4.69) is 21.2 Å². The van der Waals surface area contributed by atoms with Crippen LogP contribution in [-0.2, 0) is 36.6 Å². The Morgan fingerprint density at radius 2 is 1.88 bits per heavy atom. The molecule has 0 radical (unpaired) electrons. The molecule has 34 heavy (non-hydrogen) atoms. The standard InChI is InChI=1S/C24H27FN6O2S/c1-17-5-4-6-18(9-17)10-21-11-20(16-29(2)14-19-13-27-30(3)15-19)28-31(21)24-8-7-22(12-23(24)25)34(26,32)33/h4-9,11-13,15H,10,14,16H2,1-3H3,(H2,26,32,33). The van der Waals surface area contributed by atoms with Gasteiger partial charge >= 0.3 is 0 Å². The van der Waals surface area contributed by atoms with Crippen molar-refractivity contribution in [2.75, 3.05) is 7.05 Å². The van der Waals surface area contributed by atoms with Crippen molar-refractivity contribution in [2.45, 2.75) is 31.3 Å². The van der Waals surface area contributed by atoms with Crippen LogP contribution in [0.5, 0.6) is 0 Å². The molecule has 0 amide bonds. The second-order valence-corrected chi connectivity index (χ2v) is 10.1. The van der Waals surface area contributed by atoms with E-state index in [0.717, 1.165) is 34.1 Å². The molecule has 0 unspecified atom stereocenters. The van der Waals surface area contributed by atoms with E-state index < -0.39 is 15.8 Å². The first-order valence-electron chi connectivity index (χ1n) is 10.7. The van der Waals surface area contributed by atoms with Crippen molar-refractivity contribution in [3.8, 4) is 5.69 Å². The third-order valence-corrected chi connectivity index (χ3v) is 6.33. The number of rotatable bonds is 8. The lowest BCUT2D eigenvalue weighted by Gasteiger charge is -2.13. The number of aromatic nitrogens is 4. The van der Waals surface area contributed by atoms with E-state index in [1.807, 2.05) is 57.7 Å². The summed E-state index contributed by atoms with van der Waals surface area (Å²) in [5.74, 6) is -0.713.